The van der Waals surface area contributed by atoms with Gasteiger partial charge in [-0.15, -0.1) is 0 Å². The number of anilines is 2. The van der Waals surface area contributed by atoms with Crippen LogP contribution in [0.1, 0.15) is 10.4 Å². The van der Waals surface area contributed by atoms with Crippen molar-refractivity contribution in [2.75, 3.05) is 5.32 Å². The molecule has 21 heavy (non-hydrogen) atoms. The van der Waals surface area contributed by atoms with Crippen molar-refractivity contribution in [3.05, 3.63) is 50.3 Å². The lowest BCUT2D eigenvalue weighted by Crippen LogP contribution is -2.08. The molecule has 1 aromatic carbocycles. The van der Waals surface area contributed by atoms with Crippen LogP contribution in [0.15, 0.2) is 27.3 Å². The minimum absolute atomic E-state index is 0.0560. The summed E-state index contributed by atoms with van der Waals surface area (Å²) in [6.45, 7) is 0. The van der Waals surface area contributed by atoms with Crippen LogP contribution < -0.4 is 5.32 Å². The number of carbonyl (C=O) groups is 1. The number of halogens is 5. The fourth-order valence-corrected chi connectivity index (χ4v) is 2.33. The van der Waals surface area contributed by atoms with Gasteiger partial charge in [-0.2, -0.15) is 0 Å². The molecule has 0 aliphatic heterocycles. The first-order valence-electron chi connectivity index (χ1n) is 5.30. The molecule has 110 valence electrons. The third kappa shape index (κ3) is 3.18. The summed E-state index contributed by atoms with van der Waals surface area (Å²) in [5.41, 5.74) is -1.11. The van der Waals surface area contributed by atoms with E-state index >= 15 is 0 Å². The van der Waals surface area contributed by atoms with E-state index in [1.807, 2.05) is 0 Å². The third-order valence-electron chi connectivity index (χ3n) is 2.44. The normalized spacial score (nSPS) is 10.5. The van der Waals surface area contributed by atoms with E-state index in [0.717, 1.165) is 18.3 Å². The van der Waals surface area contributed by atoms with Crippen LogP contribution in [0, 0.1) is 17.5 Å². The van der Waals surface area contributed by atoms with Crippen molar-refractivity contribution in [1.29, 1.82) is 0 Å². The van der Waals surface area contributed by atoms with Crippen molar-refractivity contribution in [3.8, 4) is 0 Å². The summed E-state index contributed by atoms with van der Waals surface area (Å²) in [4.78, 5) is 14.8. The van der Waals surface area contributed by atoms with Gasteiger partial charge in [-0.3, -0.25) is 0 Å². The first kappa shape index (κ1) is 15.8. The molecular formula is C12H5Br2F3N2O2. The fraction of sp³-hybridized carbons (Fsp3) is 0. The number of carboxylic acids is 1. The molecular weight excluding hydrogens is 421 g/mol. The summed E-state index contributed by atoms with van der Waals surface area (Å²) < 4.78 is 40.2. The van der Waals surface area contributed by atoms with Crippen LogP contribution in [0.3, 0.4) is 0 Å². The molecule has 0 unspecified atom stereocenters. The van der Waals surface area contributed by atoms with Crippen LogP contribution in [0.25, 0.3) is 0 Å². The highest BCUT2D eigenvalue weighted by Crippen LogP contribution is 2.32. The fourth-order valence-electron chi connectivity index (χ4n) is 1.51. The minimum Gasteiger partial charge on any atom is -0.478 e. The molecule has 0 bridgehead atoms. The zero-order valence-electron chi connectivity index (χ0n) is 9.92. The molecule has 0 saturated heterocycles. The number of hydrogen-bond acceptors (Lipinski definition) is 3. The summed E-state index contributed by atoms with van der Waals surface area (Å²) >= 11 is 5.71. The highest BCUT2D eigenvalue weighted by Gasteiger charge is 2.22. The smallest absolute Gasteiger partial charge is 0.337 e. The Balaban J connectivity index is 2.57. The molecule has 1 heterocycles. The maximum atomic E-state index is 13.9. The molecule has 2 rings (SSSR count). The number of hydrogen-bond donors (Lipinski definition) is 2. The van der Waals surface area contributed by atoms with Crippen LogP contribution in [0.2, 0.25) is 0 Å². The average Bonchev–Trinajstić information content (AvgIpc) is 2.41. The van der Waals surface area contributed by atoms with Crippen molar-refractivity contribution in [3.63, 3.8) is 0 Å². The summed E-state index contributed by atoms with van der Waals surface area (Å²) in [5.74, 6) is -4.80. The second-order valence-electron chi connectivity index (χ2n) is 3.82. The lowest BCUT2D eigenvalue weighted by Gasteiger charge is -2.12. The molecule has 0 aliphatic carbocycles. The molecule has 0 fully saturated rings. The number of nitrogens with zero attached hydrogens (tertiary/aromatic N) is 1. The van der Waals surface area contributed by atoms with E-state index in [4.69, 9.17) is 5.11 Å². The Morgan fingerprint density at radius 1 is 1.14 bits per heavy atom. The van der Waals surface area contributed by atoms with Gasteiger partial charge in [0.1, 0.15) is 11.6 Å². The molecule has 0 radical (unpaired) electrons. The summed E-state index contributed by atoms with van der Waals surface area (Å²) in [7, 11) is 0. The standard InChI is InChI=1S/C12H5Br2F3N2O2/c13-6-2-5(12(20)21)10(9(17)8(6)16)19-11-7(14)1-4(15)3-18-11/h1-3H,(H,18,19)(H,20,21). The van der Waals surface area contributed by atoms with Crippen molar-refractivity contribution in [2.24, 2.45) is 0 Å². The van der Waals surface area contributed by atoms with E-state index in [-0.39, 0.29) is 14.8 Å². The molecule has 4 nitrogen and oxygen atoms in total. The molecule has 0 saturated carbocycles. The van der Waals surface area contributed by atoms with Gasteiger partial charge < -0.3 is 10.4 Å². The topological polar surface area (TPSA) is 62.2 Å². The van der Waals surface area contributed by atoms with Gasteiger partial charge in [0.15, 0.2) is 11.6 Å². The van der Waals surface area contributed by atoms with Gasteiger partial charge in [-0.25, -0.2) is 22.9 Å². The first-order valence-corrected chi connectivity index (χ1v) is 6.88. The number of nitrogens with one attached hydrogen (secondary N) is 1. The van der Waals surface area contributed by atoms with Crippen LogP contribution >= 0.6 is 31.9 Å². The van der Waals surface area contributed by atoms with Crippen molar-refractivity contribution >= 4 is 49.3 Å². The quantitative estimate of drug-likeness (QED) is 0.712. The molecule has 1 aromatic heterocycles. The summed E-state index contributed by atoms with van der Waals surface area (Å²) in [6.07, 6.45) is 0.848. The molecule has 0 spiro atoms. The maximum Gasteiger partial charge on any atom is 0.337 e. The SMILES string of the molecule is O=C(O)c1cc(Br)c(F)c(F)c1Nc1ncc(F)cc1Br. The second-order valence-corrected chi connectivity index (χ2v) is 5.53. The van der Waals surface area contributed by atoms with Gasteiger partial charge in [-0.05, 0) is 44.0 Å². The lowest BCUT2D eigenvalue weighted by molar-refractivity contribution is 0.0697. The Morgan fingerprint density at radius 2 is 1.81 bits per heavy atom. The number of aromatic nitrogens is 1. The Morgan fingerprint density at radius 3 is 2.38 bits per heavy atom. The van der Waals surface area contributed by atoms with Gasteiger partial charge in [-0.1, -0.05) is 0 Å². The number of carboxylic acid groups (broad SMARTS) is 1. The third-order valence-corrected chi connectivity index (χ3v) is 3.63. The molecule has 9 heteroatoms. The predicted octanol–water partition coefficient (Wildman–Crippen LogP) is 4.47. The molecule has 0 atom stereocenters. The van der Waals surface area contributed by atoms with E-state index in [1.165, 1.54) is 0 Å². The monoisotopic (exact) mass is 424 g/mol. The molecule has 0 aliphatic rings. The minimum atomic E-state index is -1.46. The Labute approximate surface area is 133 Å². The Bertz CT molecular complexity index is 741. The van der Waals surface area contributed by atoms with Gasteiger partial charge in [0.25, 0.3) is 0 Å². The van der Waals surface area contributed by atoms with Crippen LogP contribution in [0.4, 0.5) is 24.7 Å². The van der Waals surface area contributed by atoms with Crippen molar-refractivity contribution < 1.29 is 23.1 Å². The van der Waals surface area contributed by atoms with Crippen molar-refractivity contribution in [2.45, 2.75) is 0 Å². The van der Waals surface area contributed by atoms with Gasteiger partial charge in [0.05, 0.1) is 26.4 Å². The van der Waals surface area contributed by atoms with Gasteiger partial charge in [0, 0.05) is 0 Å². The molecule has 2 aromatic rings. The van der Waals surface area contributed by atoms with Crippen LogP contribution in [-0.2, 0) is 0 Å². The van der Waals surface area contributed by atoms with Gasteiger partial charge in [0.2, 0.25) is 0 Å². The van der Waals surface area contributed by atoms with E-state index in [0.29, 0.717) is 0 Å². The van der Waals surface area contributed by atoms with Crippen molar-refractivity contribution in [1.82, 2.24) is 4.98 Å². The Kier molecular flexibility index (Phi) is 4.52. The van der Waals surface area contributed by atoms with E-state index in [9.17, 15) is 18.0 Å². The largest absolute Gasteiger partial charge is 0.478 e. The number of aromatic carboxylic acids is 1. The zero-order valence-corrected chi connectivity index (χ0v) is 13.1. The van der Waals surface area contributed by atoms with E-state index < -0.39 is 34.7 Å². The molecule has 0 amide bonds. The van der Waals surface area contributed by atoms with E-state index in [2.05, 4.69) is 42.2 Å². The van der Waals surface area contributed by atoms with Gasteiger partial charge >= 0.3 is 5.97 Å². The molecule has 2 N–H and O–H groups in total. The first-order chi connectivity index (χ1) is 9.81. The van der Waals surface area contributed by atoms with Crippen LogP contribution in [0.5, 0.6) is 0 Å². The summed E-state index contributed by atoms with van der Waals surface area (Å²) in [6, 6.07) is 1.96. The number of rotatable bonds is 3. The maximum absolute atomic E-state index is 13.9. The second kappa shape index (κ2) is 6.02. The Hall–Kier alpha value is -1.61. The highest BCUT2D eigenvalue weighted by atomic mass is 79.9. The number of benzene rings is 1. The predicted molar refractivity (Wildman–Crippen MR) is 76.2 cm³/mol. The number of pyridine rings is 1. The lowest BCUT2D eigenvalue weighted by atomic mass is 10.1. The highest BCUT2D eigenvalue weighted by molar-refractivity contribution is 9.10. The zero-order chi connectivity index (χ0) is 15.7. The van der Waals surface area contributed by atoms with Crippen LogP contribution in [-0.4, -0.2) is 16.1 Å². The average molecular weight is 426 g/mol. The van der Waals surface area contributed by atoms with E-state index in [1.54, 1.807) is 0 Å². The summed E-state index contributed by atoms with van der Waals surface area (Å²) in [5, 5.41) is 11.4.